The fourth-order valence-corrected chi connectivity index (χ4v) is 1.81. The number of hydrogen-bond donors (Lipinski definition) is 2. The van der Waals surface area contributed by atoms with Gasteiger partial charge in [0.05, 0.1) is 11.4 Å². The second-order valence-electron chi connectivity index (χ2n) is 4.55. The lowest BCUT2D eigenvalue weighted by Crippen LogP contribution is -2.27. The van der Waals surface area contributed by atoms with Gasteiger partial charge in [0, 0.05) is 18.8 Å². The van der Waals surface area contributed by atoms with Crippen LogP contribution in [0.5, 0.6) is 0 Å². The Morgan fingerprint density at radius 2 is 1.76 bits per heavy atom. The zero-order chi connectivity index (χ0) is 12.8. The number of nitrogens with two attached hydrogens (primary N) is 2. The van der Waals surface area contributed by atoms with Crippen LogP contribution in [0.1, 0.15) is 13.3 Å². The second-order valence-corrected chi connectivity index (χ2v) is 4.55. The Bertz CT molecular complexity index is 349. The summed E-state index contributed by atoms with van der Waals surface area (Å²) < 4.78 is 0. The molecular formula is C13H24N4. The molecule has 0 saturated carbocycles. The summed E-state index contributed by atoms with van der Waals surface area (Å²) in [7, 11) is 4.19. The van der Waals surface area contributed by atoms with Crippen LogP contribution in [-0.4, -0.2) is 38.6 Å². The molecule has 0 aliphatic heterocycles. The molecule has 0 unspecified atom stereocenters. The summed E-state index contributed by atoms with van der Waals surface area (Å²) in [5.74, 6) is 0. The van der Waals surface area contributed by atoms with E-state index in [9.17, 15) is 0 Å². The number of nitrogen functional groups attached to an aromatic ring is 2. The van der Waals surface area contributed by atoms with E-state index >= 15 is 0 Å². The average Bonchev–Trinajstić information content (AvgIpc) is 2.28. The molecule has 96 valence electrons. The van der Waals surface area contributed by atoms with Crippen molar-refractivity contribution in [1.29, 1.82) is 0 Å². The summed E-state index contributed by atoms with van der Waals surface area (Å²) in [6.07, 6.45) is 1.14. The molecule has 0 radical (unpaired) electrons. The zero-order valence-corrected chi connectivity index (χ0v) is 11.1. The Morgan fingerprint density at radius 1 is 1.06 bits per heavy atom. The minimum Gasteiger partial charge on any atom is -0.397 e. The van der Waals surface area contributed by atoms with Crippen LogP contribution in [0.3, 0.4) is 0 Å². The van der Waals surface area contributed by atoms with E-state index in [2.05, 4.69) is 30.8 Å². The van der Waals surface area contributed by atoms with Crippen LogP contribution < -0.4 is 16.4 Å². The van der Waals surface area contributed by atoms with Gasteiger partial charge in [0.2, 0.25) is 0 Å². The predicted octanol–water partition coefficient (Wildman–Crippen LogP) is 1.63. The van der Waals surface area contributed by atoms with Gasteiger partial charge in [0.1, 0.15) is 0 Å². The van der Waals surface area contributed by atoms with E-state index in [1.807, 2.05) is 18.2 Å². The van der Waals surface area contributed by atoms with Crippen LogP contribution in [-0.2, 0) is 0 Å². The van der Waals surface area contributed by atoms with E-state index in [1.54, 1.807) is 0 Å². The minimum atomic E-state index is 0.651. The van der Waals surface area contributed by atoms with Gasteiger partial charge in [-0.2, -0.15) is 0 Å². The molecule has 17 heavy (non-hydrogen) atoms. The van der Waals surface area contributed by atoms with Crippen LogP contribution in [0.15, 0.2) is 18.2 Å². The number of hydrogen-bond acceptors (Lipinski definition) is 4. The van der Waals surface area contributed by atoms with Gasteiger partial charge in [-0.3, -0.25) is 0 Å². The number of rotatable bonds is 6. The SMILES string of the molecule is CCN(CCCN(C)C)c1ccc(N)c(N)c1. The van der Waals surface area contributed by atoms with Gasteiger partial charge in [-0.05, 0) is 52.2 Å². The Kier molecular flexibility index (Phi) is 5.10. The molecule has 4 heteroatoms. The Labute approximate surface area is 104 Å². The summed E-state index contributed by atoms with van der Waals surface area (Å²) in [5, 5.41) is 0. The molecule has 0 bridgehead atoms. The van der Waals surface area contributed by atoms with Crippen molar-refractivity contribution in [3.05, 3.63) is 18.2 Å². The fraction of sp³-hybridized carbons (Fsp3) is 0.538. The normalized spacial score (nSPS) is 10.8. The first-order valence-corrected chi connectivity index (χ1v) is 6.09. The summed E-state index contributed by atoms with van der Waals surface area (Å²) in [6, 6.07) is 5.86. The number of benzene rings is 1. The fourth-order valence-electron chi connectivity index (χ4n) is 1.81. The van der Waals surface area contributed by atoms with Crippen LogP contribution in [0.2, 0.25) is 0 Å². The molecule has 0 spiro atoms. The highest BCUT2D eigenvalue weighted by atomic mass is 15.1. The number of anilines is 3. The first-order valence-electron chi connectivity index (χ1n) is 6.09. The van der Waals surface area contributed by atoms with Crippen LogP contribution in [0.4, 0.5) is 17.1 Å². The molecule has 4 N–H and O–H groups in total. The van der Waals surface area contributed by atoms with E-state index in [4.69, 9.17) is 11.5 Å². The van der Waals surface area contributed by atoms with E-state index in [0.717, 1.165) is 31.7 Å². The lowest BCUT2D eigenvalue weighted by Gasteiger charge is -2.24. The van der Waals surface area contributed by atoms with E-state index in [-0.39, 0.29) is 0 Å². The van der Waals surface area contributed by atoms with Crippen molar-refractivity contribution >= 4 is 17.1 Å². The smallest absolute Gasteiger partial charge is 0.0568 e. The number of nitrogens with zero attached hydrogens (tertiary/aromatic N) is 2. The summed E-state index contributed by atoms with van der Waals surface area (Å²) in [4.78, 5) is 4.52. The van der Waals surface area contributed by atoms with Crippen molar-refractivity contribution in [2.75, 3.05) is 50.1 Å². The van der Waals surface area contributed by atoms with E-state index in [0.29, 0.717) is 11.4 Å². The molecule has 0 fully saturated rings. The molecule has 4 nitrogen and oxygen atoms in total. The quantitative estimate of drug-likeness (QED) is 0.737. The third kappa shape index (κ3) is 4.15. The molecule has 1 aromatic carbocycles. The third-order valence-corrected chi connectivity index (χ3v) is 2.85. The molecule has 1 aromatic rings. The topological polar surface area (TPSA) is 58.5 Å². The maximum Gasteiger partial charge on any atom is 0.0568 e. The maximum absolute atomic E-state index is 5.83. The molecule has 0 aromatic heterocycles. The maximum atomic E-state index is 5.83. The van der Waals surface area contributed by atoms with Gasteiger partial charge < -0.3 is 21.3 Å². The Morgan fingerprint density at radius 3 is 2.29 bits per heavy atom. The first kappa shape index (κ1) is 13.6. The van der Waals surface area contributed by atoms with Gasteiger partial charge in [-0.1, -0.05) is 0 Å². The molecule has 0 heterocycles. The van der Waals surface area contributed by atoms with Gasteiger partial charge in [-0.15, -0.1) is 0 Å². The van der Waals surface area contributed by atoms with Crippen molar-refractivity contribution in [2.45, 2.75) is 13.3 Å². The summed E-state index contributed by atoms with van der Waals surface area (Å²) >= 11 is 0. The molecule has 0 saturated heterocycles. The molecule has 0 atom stereocenters. The molecule has 0 amide bonds. The highest BCUT2D eigenvalue weighted by Gasteiger charge is 2.05. The van der Waals surface area contributed by atoms with E-state index in [1.165, 1.54) is 0 Å². The zero-order valence-electron chi connectivity index (χ0n) is 11.1. The van der Waals surface area contributed by atoms with Gasteiger partial charge in [0.25, 0.3) is 0 Å². The lowest BCUT2D eigenvalue weighted by molar-refractivity contribution is 0.400. The highest BCUT2D eigenvalue weighted by Crippen LogP contribution is 2.22. The van der Waals surface area contributed by atoms with Crippen LogP contribution in [0.25, 0.3) is 0 Å². The summed E-state index contributed by atoms with van der Waals surface area (Å²) in [5.41, 5.74) is 14.0. The van der Waals surface area contributed by atoms with E-state index < -0.39 is 0 Å². The second kappa shape index (κ2) is 6.35. The largest absolute Gasteiger partial charge is 0.397 e. The van der Waals surface area contributed by atoms with Gasteiger partial charge in [0.15, 0.2) is 0 Å². The van der Waals surface area contributed by atoms with Gasteiger partial charge in [-0.25, -0.2) is 0 Å². The van der Waals surface area contributed by atoms with Crippen molar-refractivity contribution in [2.24, 2.45) is 0 Å². The van der Waals surface area contributed by atoms with Crippen LogP contribution in [0, 0.1) is 0 Å². The van der Waals surface area contributed by atoms with Crippen molar-refractivity contribution in [1.82, 2.24) is 4.90 Å². The monoisotopic (exact) mass is 236 g/mol. The average molecular weight is 236 g/mol. The van der Waals surface area contributed by atoms with Crippen molar-refractivity contribution in [3.8, 4) is 0 Å². The predicted molar refractivity (Wildman–Crippen MR) is 76.3 cm³/mol. The molecule has 0 aliphatic carbocycles. The first-order chi connectivity index (χ1) is 8.04. The molecule has 1 rings (SSSR count). The minimum absolute atomic E-state index is 0.651. The molecule has 0 aliphatic rings. The van der Waals surface area contributed by atoms with Crippen molar-refractivity contribution < 1.29 is 0 Å². The Balaban J connectivity index is 2.62. The highest BCUT2D eigenvalue weighted by molar-refractivity contribution is 5.69. The van der Waals surface area contributed by atoms with Crippen molar-refractivity contribution in [3.63, 3.8) is 0 Å². The Hall–Kier alpha value is -1.42. The third-order valence-electron chi connectivity index (χ3n) is 2.85. The molecular weight excluding hydrogens is 212 g/mol. The summed E-state index contributed by atoms with van der Waals surface area (Å²) in [6.45, 7) is 5.28. The standard InChI is InChI=1S/C13H24N4/c1-4-17(9-5-8-16(2)3)11-6-7-12(14)13(15)10-11/h6-7,10H,4-5,8-9,14-15H2,1-3H3. The van der Waals surface area contributed by atoms with Crippen LogP contribution >= 0.6 is 0 Å². The lowest BCUT2D eigenvalue weighted by atomic mass is 10.2. The van der Waals surface area contributed by atoms with Gasteiger partial charge >= 0.3 is 0 Å².